The second-order valence-corrected chi connectivity index (χ2v) is 6.07. The van der Waals surface area contributed by atoms with Crippen LogP contribution >= 0.6 is 15.9 Å². The Morgan fingerprint density at radius 2 is 1.83 bits per heavy atom. The van der Waals surface area contributed by atoms with Crippen LogP contribution in [0.5, 0.6) is 0 Å². The van der Waals surface area contributed by atoms with Gasteiger partial charge in [-0.05, 0) is 40.2 Å². The van der Waals surface area contributed by atoms with Crippen LogP contribution in [0.1, 0.15) is 16.1 Å². The van der Waals surface area contributed by atoms with Gasteiger partial charge in [-0.15, -0.1) is 0 Å². The van der Waals surface area contributed by atoms with Gasteiger partial charge in [0.05, 0.1) is 5.56 Å². The molecule has 0 N–H and O–H groups in total. The van der Waals surface area contributed by atoms with Crippen LogP contribution in [0.2, 0.25) is 0 Å². The van der Waals surface area contributed by atoms with Gasteiger partial charge in [-0.25, -0.2) is 4.98 Å². The van der Waals surface area contributed by atoms with Gasteiger partial charge in [0.1, 0.15) is 5.82 Å². The summed E-state index contributed by atoms with van der Waals surface area (Å²) in [6.07, 6.45) is -3.57. The number of furan rings is 1. The van der Waals surface area contributed by atoms with E-state index in [9.17, 15) is 18.0 Å². The van der Waals surface area contributed by atoms with Gasteiger partial charge in [0, 0.05) is 32.4 Å². The van der Waals surface area contributed by atoms with Crippen molar-refractivity contribution in [3.05, 3.63) is 46.5 Å². The average Bonchev–Trinajstić information content (AvgIpc) is 3.00. The topological polar surface area (TPSA) is 49.6 Å². The molecule has 0 atom stereocenters. The monoisotopic (exact) mass is 403 g/mol. The largest absolute Gasteiger partial charge is 0.444 e. The van der Waals surface area contributed by atoms with Crippen molar-refractivity contribution in [3.63, 3.8) is 0 Å². The van der Waals surface area contributed by atoms with Crippen LogP contribution in [0.25, 0.3) is 0 Å². The number of hydrogen-bond donors (Lipinski definition) is 0. The Hall–Kier alpha value is -2.03. The quantitative estimate of drug-likeness (QED) is 0.770. The highest BCUT2D eigenvalue weighted by Crippen LogP contribution is 2.29. The number of anilines is 1. The van der Waals surface area contributed by atoms with Crippen LogP contribution < -0.4 is 4.90 Å². The fraction of sp³-hybridized carbons (Fsp3) is 0.333. The van der Waals surface area contributed by atoms with Crippen molar-refractivity contribution in [2.75, 3.05) is 31.1 Å². The molecule has 0 radical (unpaired) electrons. The van der Waals surface area contributed by atoms with Crippen LogP contribution in [0, 0.1) is 0 Å². The molecule has 1 aliphatic heterocycles. The Bertz CT molecular complexity index is 722. The van der Waals surface area contributed by atoms with Gasteiger partial charge >= 0.3 is 6.18 Å². The van der Waals surface area contributed by atoms with E-state index in [1.807, 2.05) is 4.90 Å². The van der Waals surface area contributed by atoms with E-state index in [1.165, 1.54) is 6.07 Å². The summed E-state index contributed by atoms with van der Waals surface area (Å²) in [5.74, 6) is 0.513. The molecule has 24 heavy (non-hydrogen) atoms. The van der Waals surface area contributed by atoms with Crippen LogP contribution in [0.4, 0.5) is 19.0 Å². The predicted octanol–water partition coefficient (Wildman–Crippen LogP) is 3.42. The van der Waals surface area contributed by atoms with Gasteiger partial charge in [-0.2, -0.15) is 13.2 Å². The zero-order chi connectivity index (χ0) is 17.3. The van der Waals surface area contributed by atoms with E-state index in [2.05, 4.69) is 20.9 Å². The number of pyridine rings is 1. The molecule has 2 aromatic heterocycles. The first-order valence-electron chi connectivity index (χ1n) is 7.17. The Morgan fingerprint density at radius 3 is 2.33 bits per heavy atom. The minimum atomic E-state index is -4.39. The summed E-state index contributed by atoms with van der Waals surface area (Å²) in [4.78, 5) is 19.6. The lowest BCUT2D eigenvalue weighted by Gasteiger charge is -2.35. The SMILES string of the molecule is O=C(c1ccc(Br)o1)N1CCN(c2ccc(C(F)(F)F)cn2)CC1. The van der Waals surface area contributed by atoms with Crippen molar-refractivity contribution in [3.8, 4) is 0 Å². The molecule has 9 heteroatoms. The molecule has 1 amide bonds. The Morgan fingerprint density at radius 1 is 1.12 bits per heavy atom. The maximum absolute atomic E-state index is 12.6. The first-order valence-corrected chi connectivity index (χ1v) is 7.97. The first-order chi connectivity index (χ1) is 11.3. The lowest BCUT2D eigenvalue weighted by Crippen LogP contribution is -2.49. The number of amides is 1. The van der Waals surface area contributed by atoms with E-state index in [-0.39, 0.29) is 11.7 Å². The molecule has 128 valence electrons. The average molecular weight is 404 g/mol. The van der Waals surface area contributed by atoms with Crippen LogP contribution in [0.3, 0.4) is 0 Å². The van der Waals surface area contributed by atoms with Crippen LogP contribution in [-0.2, 0) is 6.18 Å². The number of halogens is 4. The van der Waals surface area contributed by atoms with Gasteiger partial charge < -0.3 is 14.2 Å². The molecule has 1 aliphatic rings. The van der Waals surface area contributed by atoms with Crippen molar-refractivity contribution in [2.24, 2.45) is 0 Å². The summed E-state index contributed by atoms with van der Waals surface area (Å²) >= 11 is 3.15. The number of rotatable bonds is 2. The highest BCUT2D eigenvalue weighted by Gasteiger charge is 2.31. The zero-order valence-electron chi connectivity index (χ0n) is 12.4. The summed E-state index contributed by atoms with van der Waals surface area (Å²) in [5, 5.41) is 0. The third-order valence-electron chi connectivity index (χ3n) is 3.75. The normalized spacial score (nSPS) is 15.7. The number of aromatic nitrogens is 1. The number of carbonyl (C=O) groups excluding carboxylic acids is 1. The van der Waals surface area contributed by atoms with Crippen LogP contribution in [0.15, 0.2) is 39.5 Å². The third kappa shape index (κ3) is 3.55. The molecular weight excluding hydrogens is 391 g/mol. The fourth-order valence-corrected chi connectivity index (χ4v) is 2.77. The Kier molecular flexibility index (Phi) is 4.53. The van der Waals surface area contributed by atoms with Gasteiger partial charge in [0.15, 0.2) is 10.4 Å². The third-order valence-corrected chi connectivity index (χ3v) is 4.18. The minimum Gasteiger partial charge on any atom is -0.444 e. The number of alkyl halides is 3. The highest BCUT2D eigenvalue weighted by molar-refractivity contribution is 9.10. The van der Waals surface area contributed by atoms with Gasteiger partial charge in [0.2, 0.25) is 0 Å². The van der Waals surface area contributed by atoms with Crippen molar-refractivity contribution >= 4 is 27.7 Å². The van der Waals surface area contributed by atoms with Gasteiger partial charge in [-0.3, -0.25) is 4.79 Å². The van der Waals surface area contributed by atoms with Crippen molar-refractivity contribution in [2.45, 2.75) is 6.18 Å². The van der Waals surface area contributed by atoms with Crippen molar-refractivity contribution in [1.29, 1.82) is 0 Å². The van der Waals surface area contributed by atoms with Crippen molar-refractivity contribution < 1.29 is 22.4 Å². The fourth-order valence-electron chi connectivity index (χ4n) is 2.46. The summed E-state index contributed by atoms with van der Waals surface area (Å²) in [6, 6.07) is 5.61. The lowest BCUT2D eigenvalue weighted by atomic mass is 10.2. The zero-order valence-corrected chi connectivity index (χ0v) is 14.0. The van der Waals surface area contributed by atoms with Gasteiger partial charge in [0.25, 0.3) is 5.91 Å². The van der Waals surface area contributed by atoms with Gasteiger partial charge in [-0.1, -0.05) is 0 Å². The molecule has 0 aromatic carbocycles. The standard InChI is InChI=1S/C15H13BrF3N3O2/c16-12-3-2-11(24-12)14(23)22-7-5-21(6-8-22)13-4-1-10(9-20-13)15(17,18)19/h1-4,9H,5-8H2. The molecular formula is C15H13BrF3N3O2. The van der Waals surface area contributed by atoms with E-state index in [1.54, 1.807) is 17.0 Å². The van der Waals surface area contributed by atoms with E-state index in [4.69, 9.17) is 4.42 Å². The molecule has 2 aromatic rings. The van der Waals surface area contributed by atoms with E-state index in [0.29, 0.717) is 36.7 Å². The molecule has 1 fully saturated rings. The molecule has 0 saturated carbocycles. The van der Waals surface area contributed by atoms with E-state index >= 15 is 0 Å². The number of hydrogen-bond acceptors (Lipinski definition) is 4. The van der Waals surface area contributed by atoms with E-state index < -0.39 is 11.7 Å². The summed E-state index contributed by atoms with van der Waals surface area (Å²) in [7, 11) is 0. The molecule has 0 aliphatic carbocycles. The lowest BCUT2D eigenvalue weighted by molar-refractivity contribution is -0.137. The second kappa shape index (κ2) is 6.46. The molecule has 3 heterocycles. The number of piperazine rings is 1. The summed E-state index contributed by atoms with van der Waals surface area (Å²) in [5.41, 5.74) is -0.775. The first kappa shape index (κ1) is 16.8. The second-order valence-electron chi connectivity index (χ2n) is 5.29. The maximum atomic E-state index is 12.6. The molecule has 1 saturated heterocycles. The molecule has 0 bridgehead atoms. The summed E-state index contributed by atoms with van der Waals surface area (Å²) in [6.45, 7) is 1.87. The van der Waals surface area contributed by atoms with Crippen molar-refractivity contribution in [1.82, 2.24) is 9.88 Å². The number of nitrogens with zero attached hydrogens (tertiary/aromatic N) is 3. The van der Waals surface area contributed by atoms with Crippen LogP contribution in [-0.4, -0.2) is 42.0 Å². The maximum Gasteiger partial charge on any atom is 0.417 e. The minimum absolute atomic E-state index is 0.208. The Labute approximate surface area is 144 Å². The number of carbonyl (C=O) groups is 1. The van der Waals surface area contributed by atoms with E-state index in [0.717, 1.165) is 12.3 Å². The predicted molar refractivity (Wildman–Crippen MR) is 83.8 cm³/mol. The highest BCUT2D eigenvalue weighted by atomic mass is 79.9. The molecule has 5 nitrogen and oxygen atoms in total. The molecule has 0 spiro atoms. The summed E-state index contributed by atoms with van der Waals surface area (Å²) < 4.78 is 43.4. The smallest absolute Gasteiger partial charge is 0.417 e. The Balaban J connectivity index is 1.61. The molecule has 0 unspecified atom stereocenters. The molecule has 3 rings (SSSR count).